The van der Waals surface area contributed by atoms with Crippen LogP contribution in [0.2, 0.25) is 0 Å². The van der Waals surface area contributed by atoms with Gasteiger partial charge in [-0.15, -0.1) is 0 Å². The van der Waals surface area contributed by atoms with Crippen LogP contribution in [0.25, 0.3) is 6.08 Å². The number of nitrogens with one attached hydrogen (secondary N) is 1. The SMILES string of the molecule is CCCCc1ccc(C=CC(O)c2ncn[nH]2)o1. The van der Waals surface area contributed by atoms with E-state index in [9.17, 15) is 5.11 Å². The van der Waals surface area contributed by atoms with Crippen molar-refractivity contribution >= 4 is 6.08 Å². The van der Waals surface area contributed by atoms with Crippen LogP contribution in [0, 0.1) is 0 Å². The average Bonchev–Trinajstić information content (AvgIpc) is 3.04. The highest BCUT2D eigenvalue weighted by Crippen LogP contribution is 2.15. The minimum absolute atomic E-state index is 0.420. The Hall–Kier alpha value is -1.88. The monoisotopic (exact) mass is 247 g/mol. The van der Waals surface area contributed by atoms with Crippen LogP contribution in [0.15, 0.2) is 29.0 Å². The molecule has 5 nitrogen and oxygen atoms in total. The first-order valence-corrected chi connectivity index (χ1v) is 6.10. The maximum atomic E-state index is 9.76. The molecular weight excluding hydrogens is 230 g/mol. The Labute approximate surface area is 106 Å². The van der Waals surface area contributed by atoms with Gasteiger partial charge in [0, 0.05) is 6.42 Å². The Morgan fingerprint density at radius 2 is 2.39 bits per heavy atom. The summed E-state index contributed by atoms with van der Waals surface area (Å²) in [5.74, 6) is 2.13. The number of hydrogen-bond donors (Lipinski definition) is 2. The fourth-order valence-electron chi connectivity index (χ4n) is 1.60. The summed E-state index contributed by atoms with van der Waals surface area (Å²) in [6, 6.07) is 3.87. The van der Waals surface area contributed by atoms with Crippen molar-refractivity contribution < 1.29 is 9.52 Å². The fourth-order valence-corrected chi connectivity index (χ4v) is 1.60. The number of furan rings is 1. The van der Waals surface area contributed by atoms with Gasteiger partial charge in [0.05, 0.1) is 0 Å². The van der Waals surface area contributed by atoms with E-state index in [1.54, 1.807) is 12.2 Å². The van der Waals surface area contributed by atoms with E-state index in [0.29, 0.717) is 5.82 Å². The molecule has 5 heteroatoms. The standard InChI is InChI=1S/C13H17N3O2/c1-2-3-4-10-5-6-11(18-10)7-8-12(17)13-14-9-15-16-13/h5-9,12,17H,2-4H2,1H3,(H,14,15,16). The lowest BCUT2D eigenvalue weighted by Gasteiger charge is -1.98. The number of aromatic nitrogens is 3. The van der Waals surface area contributed by atoms with Crippen molar-refractivity contribution in [2.45, 2.75) is 32.3 Å². The van der Waals surface area contributed by atoms with Crippen LogP contribution in [-0.4, -0.2) is 20.3 Å². The second-order valence-corrected chi connectivity index (χ2v) is 4.08. The molecule has 0 aliphatic rings. The van der Waals surface area contributed by atoms with Gasteiger partial charge in [0.1, 0.15) is 24.0 Å². The molecule has 2 heterocycles. The predicted molar refractivity (Wildman–Crippen MR) is 67.7 cm³/mol. The van der Waals surface area contributed by atoms with E-state index in [1.807, 2.05) is 12.1 Å². The van der Waals surface area contributed by atoms with Gasteiger partial charge in [0.2, 0.25) is 0 Å². The highest BCUT2D eigenvalue weighted by molar-refractivity contribution is 5.44. The van der Waals surface area contributed by atoms with E-state index in [-0.39, 0.29) is 0 Å². The molecule has 0 saturated heterocycles. The molecule has 2 rings (SSSR count). The van der Waals surface area contributed by atoms with Crippen LogP contribution in [-0.2, 0) is 6.42 Å². The molecule has 1 atom stereocenters. The molecule has 0 bridgehead atoms. The van der Waals surface area contributed by atoms with Gasteiger partial charge < -0.3 is 9.52 Å². The minimum atomic E-state index is -0.795. The highest BCUT2D eigenvalue weighted by Gasteiger charge is 2.06. The molecule has 0 spiro atoms. The Bertz CT molecular complexity index is 488. The lowest BCUT2D eigenvalue weighted by atomic mass is 10.2. The summed E-state index contributed by atoms with van der Waals surface area (Å²) in [5.41, 5.74) is 0. The largest absolute Gasteiger partial charge is 0.462 e. The van der Waals surface area contributed by atoms with Crippen molar-refractivity contribution in [3.63, 3.8) is 0 Å². The topological polar surface area (TPSA) is 74.9 Å². The normalized spacial score (nSPS) is 13.2. The zero-order valence-corrected chi connectivity index (χ0v) is 10.3. The van der Waals surface area contributed by atoms with Gasteiger partial charge in [-0.2, -0.15) is 5.10 Å². The van der Waals surface area contributed by atoms with E-state index in [4.69, 9.17) is 4.42 Å². The predicted octanol–water partition coefficient (Wildman–Crippen LogP) is 2.49. The van der Waals surface area contributed by atoms with Gasteiger partial charge in [0.15, 0.2) is 5.82 Å². The maximum Gasteiger partial charge on any atom is 0.157 e. The number of nitrogens with zero attached hydrogens (tertiary/aromatic N) is 2. The van der Waals surface area contributed by atoms with Crippen molar-refractivity contribution in [1.82, 2.24) is 15.2 Å². The molecule has 18 heavy (non-hydrogen) atoms. The molecular formula is C13H17N3O2. The van der Waals surface area contributed by atoms with Gasteiger partial charge >= 0.3 is 0 Å². The summed E-state index contributed by atoms with van der Waals surface area (Å²) < 4.78 is 5.61. The van der Waals surface area contributed by atoms with E-state index < -0.39 is 6.10 Å². The first-order chi connectivity index (χ1) is 8.79. The van der Waals surface area contributed by atoms with Gasteiger partial charge in [-0.1, -0.05) is 13.3 Å². The molecule has 0 aliphatic carbocycles. The summed E-state index contributed by atoms with van der Waals surface area (Å²) in [4.78, 5) is 3.88. The van der Waals surface area contributed by atoms with E-state index in [2.05, 4.69) is 22.1 Å². The maximum absolute atomic E-state index is 9.76. The van der Waals surface area contributed by atoms with Crippen LogP contribution in [0.4, 0.5) is 0 Å². The fraction of sp³-hybridized carbons (Fsp3) is 0.385. The second-order valence-electron chi connectivity index (χ2n) is 4.08. The number of aryl methyl sites for hydroxylation is 1. The molecule has 0 aliphatic heterocycles. The van der Waals surface area contributed by atoms with Crippen LogP contribution < -0.4 is 0 Å². The number of hydrogen-bond acceptors (Lipinski definition) is 4. The smallest absolute Gasteiger partial charge is 0.157 e. The van der Waals surface area contributed by atoms with Crippen molar-refractivity contribution in [3.05, 3.63) is 41.9 Å². The number of rotatable bonds is 6. The van der Waals surface area contributed by atoms with E-state index in [0.717, 1.165) is 30.8 Å². The summed E-state index contributed by atoms with van der Waals surface area (Å²) in [5, 5.41) is 16.1. The molecule has 0 saturated carbocycles. The molecule has 0 fully saturated rings. The number of unbranched alkanes of at least 4 members (excludes halogenated alkanes) is 1. The summed E-state index contributed by atoms with van der Waals surface area (Å²) in [6.45, 7) is 2.15. The van der Waals surface area contributed by atoms with Gasteiger partial charge in [0.25, 0.3) is 0 Å². The number of aliphatic hydroxyl groups excluding tert-OH is 1. The molecule has 2 aromatic heterocycles. The summed E-state index contributed by atoms with van der Waals surface area (Å²) in [7, 11) is 0. The molecule has 0 radical (unpaired) electrons. The van der Waals surface area contributed by atoms with Gasteiger partial charge in [-0.05, 0) is 30.7 Å². The quantitative estimate of drug-likeness (QED) is 0.822. The molecule has 96 valence electrons. The van der Waals surface area contributed by atoms with E-state index >= 15 is 0 Å². The first-order valence-electron chi connectivity index (χ1n) is 6.10. The number of aromatic amines is 1. The third-order valence-corrected chi connectivity index (χ3v) is 2.62. The second kappa shape index (κ2) is 6.16. The summed E-state index contributed by atoms with van der Waals surface area (Å²) in [6.07, 6.45) is 7.15. The number of H-pyrrole nitrogens is 1. The van der Waals surface area contributed by atoms with Crippen LogP contribution in [0.5, 0.6) is 0 Å². The molecule has 2 N–H and O–H groups in total. The van der Waals surface area contributed by atoms with Crippen LogP contribution in [0.3, 0.4) is 0 Å². The number of aliphatic hydroxyl groups is 1. The summed E-state index contributed by atoms with van der Waals surface area (Å²) >= 11 is 0. The van der Waals surface area contributed by atoms with Crippen LogP contribution in [0.1, 0.15) is 43.2 Å². The highest BCUT2D eigenvalue weighted by atomic mass is 16.3. The third kappa shape index (κ3) is 3.30. The van der Waals surface area contributed by atoms with Crippen molar-refractivity contribution in [1.29, 1.82) is 0 Å². The minimum Gasteiger partial charge on any atom is -0.462 e. The Balaban J connectivity index is 1.94. The lowest BCUT2D eigenvalue weighted by molar-refractivity contribution is 0.219. The van der Waals surface area contributed by atoms with Crippen molar-refractivity contribution in [2.75, 3.05) is 0 Å². The molecule has 0 aromatic carbocycles. The molecule has 0 amide bonds. The molecule has 2 aromatic rings. The molecule has 1 unspecified atom stereocenters. The van der Waals surface area contributed by atoms with Crippen molar-refractivity contribution in [2.24, 2.45) is 0 Å². The third-order valence-electron chi connectivity index (χ3n) is 2.62. The van der Waals surface area contributed by atoms with Gasteiger partial charge in [-0.25, -0.2) is 4.98 Å². The average molecular weight is 247 g/mol. The van der Waals surface area contributed by atoms with Crippen molar-refractivity contribution in [3.8, 4) is 0 Å². The Morgan fingerprint density at radius 1 is 1.50 bits per heavy atom. The Morgan fingerprint density at radius 3 is 3.11 bits per heavy atom. The lowest BCUT2D eigenvalue weighted by Crippen LogP contribution is -1.95. The van der Waals surface area contributed by atoms with Gasteiger partial charge in [-0.3, -0.25) is 5.10 Å². The first kappa shape index (κ1) is 12.6. The zero-order valence-electron chi connectivity index (χ0n) is 10.3. The zero-order chi connectivity index (χ0) is 12.8. The van der Waals surface area contributed by atoms with E-state index in [1.165, 1.54) is 6.33 Å². The Kier molecular flexibility index (Phi) is 4.30. The van der Waals surface area contributed by atoms with Crippen LogP contribution >= 0.6 is 0 Å².